The van der Waals surface area contributed by atoms with Gasteiger partial charge in [-0.05, 0) is 17.7 Å². The van der Waals surface area contributed by atoms with Crippen molar-refractivity contribution in [3.63, 3.8) is 0 Å². The molecule has 0 heterocycles. The van der Waals surface area contributed by atoms with E-state index in [0.29, 0.717) is 18.2 Å². The van der Waals surface area contributed by atoms with Crippen molar-refractivity contribution in [3.8, 4) is 5.75 Å². The van der Waals surface area contributed by atoms with Crippen molar-refractivity contribution in [1.29, 1.82) is 0 Å². The second kappa shape index (κ2) is 7.14. The van der Waals surface area contributed by atoms with Crippen molar-refractivity contribution in [2.45, 2.75) is 12.5 Å². The lowest BCUT2D eigenvalue weighted by Gasteiger charge is -2.09. The smallest absolute Gasteiger partial charge is 0.335 e. The van der Waals surface area contributed by atoms with Crippen LogP contribution in [0.2, 0.25) is 0 Å². The Morgan fingerprint density at radius 3 is 2.59 bits per heavy atom. The van der Waals surface area contributed by atoms with Gasteiger partial charge in [-0.1, -0.05) is 12.1 Å². The number of ether oxygens (including phenoxy) is 2. The van der Waals surface area contributed by atoms with Crippen molar-refractivity contribution in [3.05, 3.63) is 29.8 Å². The molecule has 1 N–H and O–H groups in total. The SMILES string of the molecule is COC(=O)[C@@H](O)Cc1ccc(OCCCl)cc1. The van der Waals surface area contributed by atoms with Gasteiger partial charge in [-0.25, -0.2) is 4.79 Å². The van der Waals surface area contributed by atoms with E-state index in [9.17, 15) is 9.90 Å². The number of carbonyl (C=O) groups excluding carboxylic acids is 1. The molecule has 0 aliphatic rings. The number of aliphatic hydroxyl groups is 1. The molecule has 0 saturated carbocycles. The normalized spacial score (nSPS) is 11.9. The zero-order valence-corrected chi connectivity index (χ0v) is 10.3. The van der Waals surface area contributed by atoms with E-state index in [1.54, 1.807) is 24.3 Å². The summed E-state index contributed by atoms with van der Waals surface area (Å²) < 4.78 is 9.73. The number of alkyl halides is 1. The van der Waals surface area contributed by atoms with Crippen molar-refractivity contribution >= 4 is 17.6 Å². The lowest BCUT2D eigenvalue weighted by molar-refractivity contribution is -0.150. The van der Waals surface area contributed by atoms with Crippen LogP contribution in [0.25, 0.3) is 0 Å². The minimum absolute atomic E-state index is 0.225. The van der Waals surface area contributed by atoms with E-state index in [4.69, 9.17) is 16.3 Å². The van der Waals surface area contributed by atoms with Crippen LogP contribution in [0.4, 0.5) is 0 Å². The zero-order chi connectivity index (χ0) is 12.7. The molecule has 4 nitrogen and oxygen atoms in total. The third-order valence-electron chi connectivity index (χ3n) is 2.17. The minimum Gasteiger partial charge on any atom is -0.492 e. The molecular formula is C12H15ClO4. The second-order valence-electron chi connectivity index (χ2n) is 3.42. The van der Waals surface area contributed by atoms with Gasteiger partial charge < -0.3 is 14.6 Å². The molecule has 0 fully saturated rings. The molecule has 0 aromatic heterocycles. The van der Waals surface area contributed by atoms with Gasteiger partial charge in [-0.15, -0.1) is 11.6 Å². The first-order chi connectivity index (χ1) is 8.17. The predicted octanol–water partition coefficient (Wildman–Crippen LogP) is 1.38. The van der Waals surface area contributed by atoms with Crippen molar-refractivity contribution in [2.75, 3.05) is 19.6 Å². The van der Waals surface area contributed by atoms with E-state index in [-0.39, 0.29) is 6.42 Å². The average molecular weight is 259 g/mol. The molecule has 0 unspecified atom stereocenters. The van der Waals surface area contributed by atoms with Crippen molar-refractivity contribution < 1.29 is 19.4 Å². The van der Waals surface area contributed by atoms with Crippen molar-refractivity contribution in [1.82, 2.24) is 0 Å². The molecule has 1 aromatic rings. The lowest BCUT2D eigenvalue weighted by Crippen LogP contribution is -2.24. The number of hydrogen-bond donors (Lipinski definition) is 1. The summed E-state index contributed by atoms with van der Waals surface area (Å²) in [6.07, 6.45) is -0.905. The van der Waals surface area contributed by atoms with Crippen LogP contribution in [0.3, 0.4) is 0 Å². The Hall–Kier alpha value is -1.26. The van der Waals surface area contributed by atoms with E-state index in [1.165, 1.54) is 7.11 Å². The molecule has 5 heteroatoms. The maximum absolute atomic E-state index is 11.0. The van der Waals surface area contributed by atoms with Gasteiger partial charge in [0.1, 0.15) is 12.4 Å². The van der Waals surface area contributed by atoms with E-state index in [0.717, 1.165) is 5.56 Å². The van der Waals surface area contributed by atoms with Crippen LogP contribution in [-0.4, -0.2) is 36.8 Å². The number of hydrogen-bond acceptors (Lipinski definition) is 4. The lowest BCUT2D eigenvalue weighted by atomic mass is 10.1. The fourth-order valence-corrected chi connectivity index (χ4v) is 1.40. The second-order valence-corrected chi connectivity index (χ2v) is 3.80. The first kappa shape index (κ1) is 13.8. The van der Waals surface area contributed by atoms with Gasteiger partial charge in [-0.2, -0.15) is 0 Å². The highest BCUT2D eigenvalue weighted by atomic mass is 35.5. The Morgan fingerprint density at radius 2 is 2.06 bits per heavy atom. The largest absolute Gasteiger partial charge is 0.492 e. The van der Waals surface area contributed by atoms with Crippen molar-refractivity contribution in [2.24, 2.45) is 0 Å². The predicted molar refractivity (Wildman–Crippen MR) is 64.4 cm³/mol. The summed E-state index contributed by atoms with van der Waals surface area (Å²) in [5.74, 6) is 0.512. The zero-order valence-electron chi connectivity index (χ0n) is 9.56. The van der Waals surface area contributed by atoms with Gasteiger partial charge in [-0.3, -0.25) is 0 Å². The summed E-state index contributed by atoms with van der Waals surface area (Å²) in [5, 5.41) is 9.46. The standard InChI is InChI=1S/C12H15ClO4/c1-16-12(15)11(14)8-9-2-4-10(5-3-9)17-7-6-13/h2-5,11,14H,6-8H2,1H3/t11-/m0/s1. The average Bonchev–Trinajstić information content (AvgIpc) is 2.37. The van der Waals surface area contributed by atoms with E-state index < -0.39 is 12.1 Å². The third kappa shape index (κ3) is 4.63. The monoisotopic (exact) mass is 258 g/mol. The fraction of sp³-hybridized carbons (Fsp3) is 0.417. The molecule has 1 aromatic carbocycles. The highest BCUT2D eigenvalue weighted by Gasteiger charge is 2.15. The molecule has 0 aliphatic carbocycles. The van der Waals surface area contributed by atoms with Crippen LogP contribution in [0, 0.1) is 0 Å². The van der Waals surface area contributed by atoms with Crippen LogP contribution in [0.1, 0.15) is 5.56 Å². The molecule has 0 radical (unpaired) electrons. The molecule has 0 saturated heterocycles. The van der Waals surface area contributed by atoms with Crippen LogP contribution < -0.4 is 4.74 Å². The first-order valence-corrected chi connectivity index (χ1v) is 5.74. The third-order valence-corrected chi connectivity index (χ3v) is 2.33. The number of carbonyl (C=O) groups is 1. The molecule has 1 rings (SSSR count). The Morgan fingerprint density at radius 1 is 1.41 bits per heavy atom. The molecule has 0 spiro atoms. The van der Waals surface area contributed by atoms with E-state index in [2.05, 4.69) is 4.74 Å². The Balaban J connectivity index is 2.53. The number of rotatable bonds is 6. The highest BCUT2D eigenvalue weighted by Crippen LogP contribution is 2.13. The maximum Gasteiger partial charge on any atom is 0.335 e. The number of methoxy groups -OCH3 is 1. The summed E-state index contributed by atoms with van der Waals surface area (Å²) in [7, 11) is 1.24. The fourth-order valence-electron chi connectivity index (χ4n) is 1.32. The maximum atomic E-state index is 11.0. The summed E-state index contributed by atoms with van der Waals surface area (Å²) in [6, 6.07) is 7.11. The Bertz CT molecular complexity index is 350. The molecule has 0 amide bonds. The van der Waals surface area contributed by atoms with Gasteiger partial charge in [0, 0.05) is 6.42 Å². The molecule has 0 bridgehead atoms. The quantitative estimate of drug-likeness (QED) is 0.619. The molecular weight excluding hydrogens is 244 g/mol. The minimum atomic E-state index is -1.13. The van der Waals surface area contributed by atoms with E-state index in [1.807, 2.05) is 0 Å². The molecule has 17 heavy (non-hydrogen) atoms. The van der Waals surface area contributed by atoms with Crippen LogP contribution in [0.5, 0.6) is 5.75 Å². The first-order valence-electron chi connectivity index (χ1n) is 5.21. The number of halogens is 1. The van der Waals surface area contributed by atoms with Crippen LogP contribution >= 0.6 is 11.6 Å². The summed E-state index contributed by atoms with van der Waals surface area (Å²) in [6.45, 7) is 0.450. The molecule has 94 valence electrons. The summed E-state index contributed by atoms with van der Waals surface area (Å²) >= 11 is 5.49. The summed E-state index contributed by atoms with van der Waals surface area (Å²) in [4.78, 5) is 11.0. The summed E-state index contributed by atoms with van der Waals surface area (Å²) in [5.41, 5.74) is 0.834. The van der Waals surface area contributed by atoms with Gasteiger partial charge in [0.05, 0.1) is 13.0 Å². The number of aliphatic hydroxyl groups excluding tert-OH is 1. The highest BCUT2D eigenvalue weighted by molar-refractivity contribution is 6.18. The topological polar surface area (TPSA) is 55.8 Å². The molecule has 0 aliphatic heterocycles. The van der Waals surface area contributed by atoms with Gasteiger partial charge in [0.2, 0.25) is 0 Å². The molecule has 1 atom stereocenters. The van der Waals surface area contributed by atoms with Crippen LogP contribution in [-0.2, 0) is 16.0 Å². The van der Waals surface area contributed by atoms with Gasteiger partial charge >= 0.3 is 5.97 Å². The number of benzene rings is 1. The van der Waals surface area contributed by atoms with E-state index >= 15 is 0 Å². The number of esters is 1. The Labute approximate surface area is 105 Å². The van der Waals surface area contributed by atoms with Gasteiger partial charge in [0.25, 0.3) is 0 Å². The Kier molecular flexibility index (Phi) is 5.80. The van der Waals surface area contributed by atoms with Crippen LogP contribution in [0.15, 0.2) is 24.3 Å². The van der Waals surface area contributed by atoms with Gasteiger partial charge in [0.15, 0.2) is 6.10 Å².